The summed E-state index contributed by atoms with van der Waals surface area (Å²) >= 11 is 0. The number of benzene rings is 1. The topological polar surface area (TPSA) is 73.2 Å². The molecule has 1 saturated carbocycles. The van der Waals surface area contributed by atoms with Crippen LogP contribution in [0.4, 0.5) is 5.69 Å². The summed E-state index contributed by atoms with van der Waals surface area (Å²) in [6.45, 7) is 0.504. The Kier molecular flexibility index (Phi) is 4.61. The number of anilines is 1. The van der Waals surface area contributed by atoms with E-state index in [4.69, 9.17) is 5.26 Å². The lowest BCUT2D eigenvalue weighted by atomic mass is 9.94. The van der Waals surface area contributed by atoms with Crippen molar-refractivity contribution in [2.24, 2.45) is 5.92 Å². The highest BCUT2D eigenvalue weighted by atomic mass is 16.2. The average Bonchev–Trinajstić information content (AvgIpc) is 2.98. The monoisotopic (exact) mass is 311 g/mol. The predicted octanol–water partition coefficient (Wildman–Crippen LogP) is 2.68. The van der Waals surface area contributed by atoms with Crippen molar-refractivity contribution < 1.29 is 9.59 Å². The predicted molar refractivity (Wildman–Crippen MR) is 86.5 cm³/mol. The van der Waals surface area contributed by atoms with Crippen LogP contribution in [0.3, 0.4) is 0 Å². The van der Waals surface area contributed by atoms with Crippen molar-refractivity contribution in [3.63, 3.8) is 0 Å². The molecule has 1 aliphatic carbocycles. The van der Waals surface area contributed by atoms with Gasteiger partial charge >= 0.3 is 0 Å². The number of carbonyl (C=O) groups excluding carboxylic acids is 2. The molecule has 1 atom stereocenters. The summed E-state index contributed by atoms with van der Waals surface area (Å²) in [6.07, 6.45) is 5.96. The zero-order valence-corrected chi connectivity index (χ0v) is 13.1. The van der Waals surface area contributed by atoms with Crippen LogP contribution in [0.25, 0.3) is 0 Å². The molecule has 3 rings (SSSR count). The molecule has 1 aromatic carbocycles. The zero-order chi connectivity index (χ0) is 16.2. The summed E-state index contributed by atoms with van der Waals surface area (Å²) < 4.78 is 0. The maximum Gasteiger partial charge on any atom is 0.229 e. The minimum atomic E-state index is -0.323. The normalized spacial score (nSPS) is 22.0. The number of para-hydroxylation sites is 1. The molecule has 0 spiro atoms. The van der Waals surface area contributed by atoms with Gasteiger partial charge in [-0.05, 0) is 25.0 Å². The minimum absolute atomic E-state index is 0.0885. The molecule has 2 aliphatic rings. The minimum Gasteiger partial charge on any atom is -0.339 e. The number of hydrogen-bond acceptors (Lipinski definition) is 3. The van der Waals surface area contributed by atoms with Crippen molar-refractivity contribution in [1.29, 1.82) is 5.26 Å². The summed E-state index contributed by atoms with van der Waals surface area (Å²) in [5, 5.41) is 11.9. The lowest BCUT2D eigenvalue weighted by Crippen LogP contribution is -2.38. The molecular weight excluding hydrogens is 290 g/mol. The number of carbonyl (C=O) groups is 2. The van der Waals surface area contributed by atoms with Crippen molar-refractivity contribution >= 4 is 17.5 Å². The Hall–Kier alpha value is -2.35. The van der Waals surface area contributed by atoms with Gasteiger partial charge in [0, 0.05) is 19.0 Å². The number of likely N-dealkylation sites (tertiary alicyclic amines) is 1. The first-order valence-corrected chi connectivity index (χ1v) is 8.28. The van der Waals surface area contributed by atoms with Crippen molar-refractivity contribution in [3.8, 4) is 6.07 Å². The third kappa shape index (κ3) is 3.37. The fourth-order valence-corrected chi connectivity index (χ4v) is 3.58. The lowest BCUT2D eigenvalue weighted by molar-refractivity contribution is -0.130. The van der Waals surface area contributed by atoms with Crippen molar-refractivity contribution in [1.82, 2.24) is 4.90 Å². The van der Waals surface area contributed by atoms with Crippen LogP contribution in [0.15, 0.2) is 24.3 Å². The highest BCUT2D eigenvalue weighted by Crippen LogP contribution is 2.29. The van der Waals surface area contributed by atoms with Crippen LogP contribution in [0.2, 0.25) is 0 Å². The molecule has 1 unspecified atom stereocenters. The molecule has 5 nitrogen and oxygen atoms in total. The molecule has 1 aromatic rings. The number of rotatable bonds is 3. The lowest BCUT2D eigenvalue weighted by Gasteiger charge is -2.31. The Balaban J connectivity index is 1.65. The van der Waals surface area contributed by atoms with Gasteiger partial charge in [-0.2, -0.15) is 5.26 Å². The van der Waals surface area contributed by atoms with Gasteiger partial charge in [0.2, 0.25) is 11.8 Å². The first-order chi connectivity index (χ1) is 11.2. The molecule has 23 heavy (non-hydrogen) atoms. The molecule has 0 bridgehead atoms. The van der Waals surface area contributed by atoms with Gasteiger partial charge < -0.3 is 10.2 Å². The Morgan fingerprint density at radius 3 is 2.70 bits per heavy atom. The van der Waals surface area contributed by atoms with Crippen LogP contribution >= 0.6 is 0 Å². The van der Waals surface area contributed by atoms with Crippen LogP contribution in [-0.2, 0) is 9.59 Å². The Morgan fingerprint density at radius 2 is 1.96 bits per heavy atom. The quantitative estimate of drug-likeness (QED) is 0.932. The van der Waals surface area contributed by atoms with Gasteiger partial charge in [-0.25, -0.2) is 0 Å². The Bertz CT molecular complexity index is 644. The number of amides is 2. The van der Waals surface area contributed by atoms with E-state index in [1.807, 2.05) is 4.90 Å². The van der Waals surface area contributed by atoms with E-state index in [-0.39, 0.29) is 24.2 Å². The highest BCUT2D eigenvalue weighted by molar-refractivity contribution is 5.98. The van der Waals surface area contributed by atoms with E-state index >= 15 is 0 Å². The van der Waals surface area contributed by atoms with Gasteiger partial charge in [-0.15, -0.1) is 0 Å². The second-order valence-electron chi connectivity index (χ2n) is 6.39. The maximum absolute atomic E-state index is 12.5. The van der Waals surface area contributed by atoms with E-state index in [1.165, 1.54) is 19.3 Å². The molecule has 1 heterocycles. The van der Waals surface area contributed by atoms with Crippen LogP contribution in [0, 0.1) is 17.2 Å². The fraction of sp³-hybridized carbons (Fsp3) is 0.500. The zero-order valence-electron chi connectivity index (χ0n) is 13.1. The van der Waals surface area contributed by atoms with E-state index in [1.54, 1.807) is 24.3 Å². The van der Waals surface area contributed by atoms with Crippen LogP contribution in [0.5, 0.6) is 0 Å². The van der Waals surface area contributed by atoms with Crippen molar-refractivity contribution in [2.75, 3.05) is 11.9 Å². The number of nitrogens with one attached hydrogen (secondary N) is 1. The van der Waals surface area contributed by atoms with Crippen LogP contribution in [0.1, 0.15) is 44.1 Å². The molecule has 120 valence electrons. The van der Waals surface area contributed by atoms with Crippen LogP contribution < -0.4 is 5.32 Å². The van der Waals surface area contributed by atoms with E-state index in [2.05, 4.69) is 11.4 Å². The van der Waals surface area contributed by atoms with Gasteiger partial charge in [-0.1, -0.05) is 31.4 Å². The average molecular weight is 311 g/mol. The molecule has 1 N–H and O–H groups in total. The number of nitrogens with zero attached hydrogens (tertiary/aromatic N) is 2. The molecule has 2 fully saturated rings. The molecule has 1 aliphatic heterocycles. The van der Waals surface area contributed by atoms with E-state index in [0.717, 1.165) is 12.8 Å². The molecular formula is C18H21N3O2. The number of hydrogen-bond donors (Lipinski definition) is 1. The largest absolute Gasteiger partial charge is 0.339 e. The maximum atomic E-state index is 12.5. The van der Waals surface area contributed by atoms with Crippen molar-refractivity contribution in [3.05, 3.63) is 29.8 Å². The smallest absolute Gasteiger partial charge is 0.229 e. The van der Waals surface area contributed by atoms with Crippen LogP contribution in [-0.4, -0.2) is 29.3 Å². The highest BCUT2D eigenvalue weighted by Gasteiger charge is 2.38. The van der Waals surface area contributed by atoms with E-state index < -0.39 is 0 Å². The summed E-state index contributed by atoms with van der Waals surface area (Å²) in [5.74, 6) is -0.402. The standard InChI is InChI=1S/C18H21N3O2/c19-11-13-6-4-5-9-16(13)20-18(23)14-10-17(22)21(12-14)15-7-2-1-3-8-15/h4-6,9,14-15H,1-3,7-8,10,12H2,(H,20,23). The third-order valence-corrected chi connectivity index (χ3v) is 4.85. The second-order valence-corrected chi connectivity index (χ2v) is 6.39. The second kappa shape index (κ2) is 6.82. The molecule has 0 aromatic heterocycles. The van der Waals surface area contributed by atoms with Gasteiger partial charge in [0.1, 0.15) is 6.07 Å². The summed E-state index contributed by atoms with van der Waals surface area (Å²) in [5.41, 5.74) is 0.956. The van der Waals surface area contributed by atoms with E-state index in [0.29, 0.717) is 23.8 Å². The van der Waals surface area contributed by atoms with Gasteiger partial charge in [0.15, 0.2) is 0 Å². The first kappa shape index (κ1) is 15.5. The van der Waals surface area contributed by atoms with Gasteiger partial charge in [0.05, 0.1) is 17.2 Å². The number of nitriles is 1. The van der Waals surface area contributed by atoms with E-state index in [9.17, 15) is 9.59 Å². The Labute approximate surface area is 136 Å². The molecule has 1 saturated heterocycles. The molecule has 5 heteroatoms. The molecule has 0 radical (unpaired) electrons. The Morgan fingerprint density at radius 1 is 1.22 bits per heavy atom. The SMILES string of the molecule is N#Cc1ccccc1NC(=O)C1CC(=O)N(C2CCCCC2)C1. The van der Waals surface area contributed by atoms with Crippen molar-refractivity contribution in [2.45, 2.75) is 44.6 Å². The third-order valence-electron chi connectivity index (χ3n) is 4.85. The summed E-state index contributed by atoms with van der Waals surface area (Å²) in [6, 6.07) is 9.30. The summed E-state index contributed by atoms with van der Waals surface area (Å²) in [7, 11) is 0. The summed E-state index contributed by atoms with van der Waals surface area (Å²) in [4.78, 5) is 26.6. The van der Waals surface area contributed by atoms with Gasteiger partial charge in [-0.3, -0.25) is 9.59 Å². The van der Waals surface area contributed by atoms with Gasteiger partial charge in [0.25, 0.3) is 0 Å². The first-order valence-electron chi connectivity index (χ1n) is 8.28. The fourth-order valence-electron chi connectivity index (χ4n) is 3.58. The molecule has 2 amide bonds.